The fourth-order valence-corrected chi connectivity index (χ4v) is 1.58. The number of hydrogen-bond donors (Lipinski definition) is 2. The lowest BCUT2D eigenvalue weighted by Gasteiger charge is -2.22. The lowest BCUT2D eigenvalue weighted by Crippen LogP contribution is -2.35. The molecule has 1 aromatic rings. The molecule has 3 N–H and O–H groups in total. The fourth-order valence-electron chi connectivity index (χ4n) is 1.58. The smallest absolute Gasteiger partial charge is 0.0805 e. The summed E-state index contributed by atoms with van der Waals surface area (Å²) in [6.07, 6.45) is 0. The molecule has 3 heteroatoms. The van der Waals surface area contributed by atoms with Crippen LogP contribution in [0, 0.1) is 20.8 Å². The van der Waals surface area contributed by atoms with Crippen LogP contribution in [0.15, 0.2) is 12.1 Å². The molecule has 0 spiro atoms. The summed E-state index contributed by atoms with van der Waals surface area (Å²) >= 11 is 0. The first kappa shape index (κ1) is 11.0. The van der Waals surface area contributed by atoms with Gasteiger partial charge in [-0.15, -0.1) is 0 Å². The summed E-state index contributed by atoms with van der Waals surface area (Å²) in [6.45, 7) is 7.08. The summed E-state index contributed by atoms with van der Waals surface area (Å²) in [4.78, 5) is 2.10. The number of nitrogens with one attached hydrogen (secondary N) is 1. The van der Waals surface area contributed by atoms with Crippen molar-refractivity contribution in [2.24, 2.45) is 5.84 Å². The Labute approximate surface area is 85.9 Å². The molecule has 3 nitrogen and oxygen atoms in total. The molecule has 0 aliphatic rings. The highest BCUT2D eigenvalue weighted by Gasteiger charge is 2.06. The van der Waals surface area contributed by atoms with Crippen molar-refractivity contribution in [1.82, 2.24) is 5.43 Å². The number of nitrogens with two attached hydrogens (primary N) is 1. The van der Waals surface area contributed by atoms with E-state index in [0.29, 0.717) is 6.67 Å². The number of hydrogen-bond acceptors (Lipinski definition) is 3. The number of benzene rings is 1. The monoisotopic (exact) mass is 193 g/mol. The third kappa shape index (κ3) is 2.05. The van der Waals surface area contributed by atoms with Gasteiger partial charge in [0.15, 0.2) is 0 Å². The van der Waals surface area contributed by atoms with Gasteiger partial charge in [-0.2, -0.15) is 0 Å². The van der Waals surface area contributed by atoms with E-state index < -0.39 is 0 Å². The van der Waals surface area contributed by atoms with Gasteiger partial charge in [-0.05, 0) is 43.5 Å². The minimum atomic E-state index is 0.656. The molecule has 0 aliphatic heterocycles. The molecule has 0 amide bonds. The first-order valence-corrected chi connectivity index (χ1v) is 4.79. The molecule has 0 aromatic heterocycles. The lowest BCUT2D eigenvalue weighted by molar-refractivity contribution is 0.716. The van der Waals surface area contributed by atoms with Crippen LogP contribution < -0.4 is 16.2 Å². The normalized spacial score (nSPS) is 10.4. The van der Waals surface area contributed by atoms with Crippen molar-refractivity contribution in [3.63, 3.8) is 0 Å². The van der Waals surface area contributed by atoms with E-state index in [4.69, 9.17) is 5.84 Å². The van der Waals surface area contributed by atoms with Crippen LogP contribution >= 0.6 is 0 Å². The molecule has 14 heavy (non-hydrogen) atoms. The zero-order chi connectivity index (χ0) is 10.7. The number of hydrazine groups is 1. The topological polar surface area (TPSA) is 41.3 Å². The van der Waals surface area contributed by atoms with Crippen molar-refractivity contribution in [3.05, 3.63) is 28.8 Å². The van der Waals surface area contributed by atoms with E-state index in [1.807, 2.05) is 7.05 Å². The lowest BCUT2D eigenvalue weighted by atomic mass is 10.0. The van der Waals surface area contributed by atoms with Crippen molar-refractivity contribution in [2.45, 2.75) is 20.8 Å². The van der Waals surface area contributed by atoms with E-state index in [9.17, 15) is 0 Å². The van der Waals surface area contributed by atoms with E-state index in [1.165, 1.54) is 22.4 Å². The SMILES string of the molecule is Cc1ccc(N(C)CNN)c(C)c1C. The number of nitrogens with zero attached hydrogens (tertiary/aromatic N) is 1. The Hall–Kier alpha value is -1.06. The molecule has 0 aliphatic carbocycles. The third-order valence-corrected chi connectivity index (χ3v) is 2.77. The van der Waals surface area contributed by atoms with Gasteiger partial charge in [-0.25, -0.2) is 5.43 Å². The van der Waals surface area contributed by atoms with Crippen LogP contribution in [0.25, 0.3) is 0 Å². The maximum absolute atomic E-state index is 5.29. The molecular formula is C11H19N3. The number of anilines is 1. The van der Waals surface area contributed by atoms with Crippen molar-refractivity contribution in [3.8, 4) is 0 Å². The van der Waals surface area contributed by atoms with Gasteiger partial charge in [0.25, 0.3) is 0 Å². The Morgan fingerprint density at radius 2 is 1.86 bits per heavy atom. The molecule has 0 atom stereocenters. The van der Waals surface area contributed by atoms with Crippen LogP contribution in [0.5, 0.6) is 0 Å². The van der Waals surface area contributed by atoms with Gasteiger partial charge in [0.2, 0.25) is 0 Å². The first-order valence-electron chi connectivity index (χ1n) is 4.79. The highest BCUT2D eigenvalue weighted by Crippen LogP contribution is 2.23. The molecule has 0 saturated carbocycles. The highest BCUT2D eigenvalue weighted by molar-refractivity contribution is 5.57. The second-order valence-electron chi connectivity index (χ2n) is 3.71. The molecule has 1 rings (SSSR count). The molecule has 0 unspecified atom stereocenters. The van der Waals surface area contributed by atoms with Gasteiger partial charge < -0.3 is 4.90 Å². The Morgan fingerprint density at radius 3 is 2.43 bits per heavy atom. The van der Waals surface area contributed by atoms with E-state index >= 15 is 0 Å². The largest absolute Gasteiger partial charge is 0.360 e. The first-order chi connectivity index (χ1) is 6.57. The molecule has 0 bridgehead atoms. The van der Waals surface area contributed by atoms with Gasteiger partial charge in [0.05, 0.1) is 6.67 Å². The maximum atomic E-state index is 5.29. The highest BCUT2D eigenvalue weighted by atomic mass is 15.3. The summed E-state index contributed by atoms with van der Waals surface area (Å²) in [5.41, 5.74) is 7.89. The van der Waals surface area contributed by atoms with Gasteiger partial charge in [-0.1, -0.05) is 6.07 Å². The predicted molar refractivity (Wildman–Crippen MR) is 61.2 cm³/mol. The molecule has 0 radical (unpaired) electrons. The van der Waals surface area contributed by atoms with E-state index in [-0.39, 0.29) is 0 Å². The van der Waals surface area contributed by atoms with Crippen LogP contribution in [-0.2, 0) is 0 Å². The van der Waals surface area contributed by atoms with Gasteiger partial charge in [0, 0.05) is 12.7 Å². The molecule has 0 heterocycles. The van der Waals surface area contributed by atoms with E-state index in [0.717, 1.165) is 0 Å². The number of rotatable bonds is 3. The van der Waals surface area contributed by atoms with E-state index in [2.05, 4.69) is 43.2 Å². The molecular weight excluding hydrogens is 174 g/mol. The second-order valence-corrected chi connectivity index (χ2v) is 3.71. The van der Waals surface area contributed by atoms with Crippen LogP contribution in [0.2, 0.25) is 0 Å². The zero-order valence-electron chi connectivity index (χ0n) is 9.39. The summed E-state index contributed by atoms with van der Waals surface area (Å²) in [5.74, 6) is 5.29. The van der Waals surface area contributed by atoms with Crippen molar-refractivity contribution >= 4 is 5.69 Å². The van der Waals surface area contributed by atoms with Crippen LogP contribution in [0.1, 0.15) is 16.7 Å². The summed E-state index contributed by atoms with van der Waals surface area (Å²) in [6, 6.07) is 4.28. The standard InChI is InChI=1S/C11H19N3/c1-8-5-6-11(10(3)9(8)2)14(4)7-13-12/h5-6,13H,7,12H2,1-4H3. The average molecular weight is 193 g/mol. The van der Waals surface area contributed by atoms with Gasteiger partial charge in [0.1, 0.15) is 0 Å². The molecule has 78 valence electrons. The zero-order valence-corrected chi connectivity index (χ0v) is 9.39. The molecule has 0 fully saturated rings. The Balaban J connectivity index is 3.04. The van der Waals surface area contributed by atoms with Gasteiger partial charge in [-0.3, -0.25) is 5.84 Å². The quantitative estimate of drug-likeness (QED) is 0.434. The maximum Gasteiger partial charge on any atom is 0.0805 e. The van der Waals surface area contributed by atoms with Crippen LogP contribution in [0.4, 0.5) is 5.69 Å². The second kappa shape index (κ2) is 4.44. The third-order valence-electron chi connectivity index (χ3n) is 2.77. The predicted octanol–water partition coefficient (Wildman–Crippen LogP) is 1.47. The van der Waals surface area contributed by atoms with Crippen molar-refractivity contribution in [2.75, 3.05) is 18.6 Å². The average Bonchev–Trinajstić information content (AvgIpc) is 2.15. The Bertz CT molecular complexity index is 321. The molecule has 0 saturated heterocycles. The van der Waals surface area contributed by atoms with Crippen molar-refractivity contribution in [1.29, 1.82) is 0 Å². The summed E-state index contributed by atoms with van der Waals surface area (Å²) < 4.78 is 0. The Morgan fingerprint density at radius 1 is 1.21 bits per heavy atom. The minimum Gasteiger partial charge on any atom is -0.360 e. The van der Waals surface area contributed by atoms with E-state index in [1.54, 1.807) is 0 Å². The number of aryl methyl sites for hydroxylation is 1. The summed E-state index contributed by atoms with van der Waals surface area (Å²) in [7, 11) is 2.02. The summed E-state index contributed by atoms with van der Waals surface area (Å²) in [5, 5.41) is 0. The minimum absolute atomic E-state index is 0.656. The Kier molecular flexibility index (Phi) is 3.49. The van der Waals surface area contributed by atoms with Gasteiger partial charge >= 0.3 is 0 Å². The van der Waals surface area contributed by atoms with Crippen LogP contribution in [-0.4, -0.2) is 13.7 Å². The van der Waals surface area contributed by atoms with Crippen molar-refractivity contribution < 1.29 is 0 Å². The van der Waals surface area contributed by atoms with Crippen LogP contribution in [0.3, 0.4) is 0 Å². The molecule has 1 aromatic carbocycles. The fraction of sp³-hybridized carbons (Fsp3) is 0.455.